The summed E-state index contributed by atoms with van der Waals surface area (Å²) < 4.78 is 11.5. The highest BCUT2D eigenvalue weighted by atomic mass is 16.5. The van der Waals surface area contributed by atoms with Gasteiger partial charge in [0.15, 0.2) is 0 Å². The van der Waals surface area contributed by atoms with Crippen molar-refractivity contribution in [3.8, 4) is 11.8 Å². The van der Waals surface area contributed by atoms with Crippen LogP contribution in [-0.2, 0) is 9.47 Å². The molecular weight excluding hydrogens is 414 g/mol. The number of nitrogens with two attached hydrogens (primary N) is 1. The minimum Gasteiger partial charge on any atom is -0.405 e. The van der Waals surface area contributed by atoms with Gasteiger partial charge in [-0.15, -0.1) is 0 Å². The van der Waals surface area contributed by atoms with Gasteiger partial charge in [0.2, 0.25) is 0 Å². The number of pyridine rings is 2. The fraction of sp³-hybridized carbons (Fsp3) is 0.500. The summed E-state index contributed by atoms with van der Waals surface area (Å²) in [5, 5.41) is 0.987. The van der Waals surface area contributed by atoms with E-state index in [1.807, 2.05) is 6.07 Å². The maximum absolute atomic E-state index is 5.86. The van der Waals surface area contributed by atoms with E-state index in [0.717, 1.165) is 54.7 Å². The van der Waals surface area contributed by atoms with Crippen LogP contribution >= 0.6 is 0 Å². The maximum atomic E-state index is 5.86. The smallest absolute Gasteiger partial charge is 0.149 e. The predicted octanol–water partition coefficient (Wildman–Crippen LogP) is 3.40. The molecule has 0 aromatic carbocycles. The normalized spacial score (nSPS) is 24.2. The van der Waals surface area contributed by atoms with Gasteiger partial charge in [0, 0.05) is 36.2 Å². The summed E-state index contributed by atoms with van der Waals surface area (Å²) in [5.74, 6) is 8.28. The zero-order valence-corrected chi connectivity index (χ0v) is 19.2. The SMILES string of the molecule is CC1COCCN1c1cc(C#CC2CC2)c2ccnc(C(C=CN)=NC3CCCCO3)c2n1. The van der Waals surface area contributed by atoms with E-state index in [9.17, 15) is 0 Å². The Labute approximate surface area is 195 Å². The van der Waals surface area contributed by atoms with E-state index < -0.39 is 0 Å². The number of hydrogen-bond acceptors (Lipinski definition) is 7. The van der Waals surface area contributed by atoms with Crippen LogP contribution in [0.25, 0.3) is 10.9 Å². The van der Waals surface area contributed by atoms with E-state index in [0.29, 0.717) is 30.5 Å². The number of fused-ring (bicyclic) bond motifs is 1. The zero-order valence-electron chi connectivity index (χ0n) is 19.2. The Kier molecular flexibility index (Phi) is 6.56. The van der Waals surface area contributed by atoms with Crippen LogP contribution in [-0.4, -0.2) is 54.3 Å². The van der Waals surface area contributed by atoms with Crippen LogP contribution in [0, 0.1) is 17.8 Å². The Bertz CT molecular complexity index is 1120. The third kappa shape index (κ3) is 5.02. The number of hydrogen-bond donors (Lipinski definition) is 1. The Hall–Kier alpha value is -2.95. The molecule has 1 aliphatic carbocycles. The second kappa shape index (κ2) is 9.90. The number of aliphatic imine (C=N–C) groups is 1. The molecule has 7 nitrogen and oxygen atoms in total. The largest absolute Gasteiger partial charge is 0.405 e. The lowest BCUT2D eigenvalue weighted by Gasteiger charge is -2.34. The number of nitrogens with zero attached hydrogens (tertiary/aromatic N) is 4. The van der Waals surface area contributed by atoms with Crippen molar-refractivity contribution in [2.24, 2.45) is 16.6 Å². The number of ether oxygens (including phenoxy) is 2. The summed E-state index contributed by atoms with van der Waals surface area (Å²) in [6.45, 7) is 5.06. The molecular formula is C26H31N5O2. The molecule has 0 radical (unpaired) electrons. The van der Waals surface area contributed by atoms with Gasteiger partial charge in [-0.2, -0.15) is 0 Å². The summed E-state index contributed by atoms with van der Waals surface area (Å²) in [5.41, 5.74) is 8.98. The first-order valence-corrected chi connectivity index (χ1v) is 12.0. The van der Waals surface area contributed by atoms with Gasteiger partial charge in [0.1, 0.15) is 23.3 Å². The average Bonchev–Trinajstić information content (AvgIpc) is 3.67. The Morgan fingerprint density at radius 3 is 2.94 bits per heavy atom. The molecule has 2 aromatic rings. The molecule has 3 fully saturated rings. The van der Waals surface area contributed by atoms with Crippen LogP contribution in [0.2, 0.25) is 0 Å². The molecule has 2 aromatic heterocycles. The molecule has 33 heavy (non-hydrogen) atoms. The maximum Gasteiger partial charge on any atom is 0.149 e. The van der Waals surface area contributed by atoms with Crippen LogP contribution in [0.4, 0.5) is 5.82 Å². The number of anilines is 1. The molecule has 3 aliphatic rings. The first kappa shape index (κ1) is 21.9. The van der Waals surface area contributed by atoms with Crippen molar-refractivity contribution in [3.05, 3.63) is 41.9 Å². The molecule has 7 heteroatoms. The minimum absolute atomic E-state index is 0.182. The van der Waals surface area contributed by atoms with Gasteiger partial charge < -0.3 is 20.1 Å². The zero-order chi connectivity index (χ0) is 22.6. The van der Waals surface area contributed by atoms with Crippen LogP contribution in [0.3, 0.4) is 0 Å². The Morgan fingerprint density at radius 2 is 2.18 bits per heavy atom. The second-order valence-electron chi connectivity index (χ2n) is 8.94. The van der Waals surface area contributed by atoms with Gasteiger partial charge in [-0.1, -0.05) is 11.8 Å². The van der Waals surface area contributed by atoms with Crippen molar-refractivity contribution in [3.63, 3.8) is 0 Å². The van der Waals surface area contributed by atoms with E-state index in [4.69, 9.17) is 30.2 Å². The molecule has 1 saturated carbocycles. The number of aromatic nitrogens is 2. The minimum atomic E-state index is -0.182. The molecule has 172 valence electrons. The molecule has 2 saturated heterocycles. The molecule has 0 bridgehead atoms. The summed E-state index contributed by atoms with van der Waals surface area (Å²) in [4.78, 5) is 17.0. The average molecular weight is 446 g/mol. The van der Waals surface area contributed by atoms with E-state index in [1.54, 1.807) is 12.3 Å². The molecule has 2 N–H and O–H groups in total. The Morgan fingerprint density at radius 1 is 1.27 bits per heavy atom. The highest BCUT2D eigenvalue weighted by molar-refractivity contribution is 6.14. The van der Waals surface area contributed by atoms with Crippen LogP contribution in [0.15, 0.2) is 35.6 Å². The van der Waals surface area contributed by atoms with Gasteiger partial charge in [0.25, 0.3) is 0 Å². The van der Waals surface area contributed by atoms with E-state index in [2.05, 4.69) is 29.7 Å². The summed E-state index contributed by atoms with van der Waals surface area (Å²) in [6.07, 6.45) is 10.4. The topological polar surface area (TPSA) is 85.9 Å². The van der Waals surface area contributed by atoms with E-state index in [1.165, 1.54) is 19.0 Å². The van der Waals surface area contributed by atoms with E-state index in [-0.39, 0.29) is 12.3 Å². The monoisotopic (exact) mass is 445 g/mol. The third-order valence-corrected chi connectivity index (χ3v) is 6.30. The fourth-order valence-corrected chi connectivity index (χ4v) is 4.31. The molecule has 2 unspecified atom stereocenters. The number of rotatable bonds is 4. The molecule has 2 atom stereocenters. The first-order valence-electron chi connectivity index (χ1n) is 12.0. The van der Waals surface area contributed by atoms with Gasteiger partial charge in [-0.3, -0.25) is 9.98 Å². The lowest BCUT2D eigenvalue weighted by Crippen LogP contribution is -2.44. The summed E-state index contributed by atoms with van der Waals surface area (Å²) in [6, 6.07) is 4.35. The highest BCUT2D eigenvalue weighted by Crippen LogP contribution is 2.30. The quantitative estimate of drug-likeness (QED) is 0.573. The first-order chi connectivity index (χ1) is 16.2. The number of allylic oxidation sites excluding steroid dienone is 1. The van der Waals surface area contributed by atoms with Crippen molar-refractivity contribution in [1.29, 1.82) is 0 Å². The number of morpholine rings is 1. The fourth-order valence-electron chi connectivity index (χ4n) is 4.31. The van der Waals surface area contributed by atoms with Gasteiger partial charge in [-0.05, 0) is 63.4 Å². The van der Waals surface area contributed by atoms with Crippen molar-refractivity contribution in [1.82, 2.24) is 9.97 Å². The Balaban J connectivity index is 1.65. The van der Waals surface area contributed by atoms with Gasteiger partial charge >= 0.3 is 0 Å². The van der Waals surface area contributed by atoms with Crippen LogP contribution in [0.5, 0.6) is 0 Å². The van der Waals surface area contributed by atoms with Crippen molar-refractivity contribution < 1.29 is 9.47 Å². The standard InChI is InChI=1S/C26H31N5O2/c1-18-17-32-15-13-31(18)23-16-20(8-7-19-5-6-19)21-10-12-28-26(25(21)30-23)22(9-11-27)29-24-4-2-3-14-33-24/h9-12,16,18-19,24H,2-6,13-15,17,27H2,1H3. The summed E-state index contributed by atoms with van der Waals surface area (Å²) >= 11 is 0. The summed E-state index contributed by atoms with van der Waals surface area (Å²) in [7, 11) is 0. The van der Waals surface area contributed by atoms with E-state index >= 15 is 0 Å². The molecule has 4 heterocycles. The molecule has 2 aliphatic heterocycles. The lowest BCUT2D eigenvalue weighted by molar-refractivity contribution is 0.0224. The lowest BCUT2D eigenvalue weighted by atomic mass is 10.1. The van der Waals surface area contributed by atoms with Crippen molar-refractivity contribution in [2.45, 2.75) is 51.3 Å². The second-order valence-corrected chi connectivity index (χ2v) is 8.94. The molecule has 5 rings (SSSR count). The highest BCUT2D eigenvalue weighted by Gasteiger charge is 2.24. The van der Waals surface area contributed by atoms with Gasteiger partial charge in [0.05, 0.1) is 25.0 Å². The van der Waals surface area contributed by atoms with Crippen LogP contribution in [0.1, 0.15) is 50.3 Å². The van der Waals surface area contributed by atoms with Crippen molar-refractivity contribution >= 4 is 22.4 Å². The van der Waals surface area contributed by atoms with Gasteiger partial charge in [-0.25, -0.2) is 4.98 Å². The van der Waals surface area contributed by atoms with Crippen LogP contribution < -0.4 is 10.6 Å². The molecule has 0 spiro atoms. The molecule has 0 amide bonds. The predicted molar refractivity (Wildman–Crippen MR) is 130 cm³/mol. The van der Waals surface area contributed by atoms with Crippen molar-refractivity contribution in [2.75, 3.05) is 31.3 Å². The third-order valence-electron chi connectivity index (χ3n) is 6.30.